The molecule has 0 heterocycles. The molecule has 1 N–H and O–H groups in total. The summed E-state index contributed by atoms with van der Waals surface area (Å²) in [4.78, 5) is 10.9. The van der Waals surface area contributed by atoms with Crippen LogP contribution in [0.2, 0.25) is 0 Å². The van der Waals surface area contributed by atoms with Crippen molar-refractivity contribution in [1.82, 2.24) is 0 Å². The summed E-state index contributed by atoms with van der Waals surface area (Å²) in [7, 11) is 0. The van der Waals surface area contributed by atoms with E-state index < -0.39 is 5.97 Å². The van der Waals surface area contributed by atoms with E-state index in [0.717, 1.165) is 6.42 Å². The highest BCUT2D eigenvalue weighted by Crippen LogP contribution is 2.37. The fourth-order valence-electron chi connectivity index (χ4n) is 2.95. The van der Waals surface area contributed by atoms with Gasteiger partial charge in [-0.1, -0.05) is 29.4 Å². The first-order valence-corrected chi connectivity index (χ1v) is 6.96. The summed E-state index contributed by atoms with van der Waals surface area (Å²) in [6.07, 6.45) is 14.8. The van der Waals surface area contributed by atoms with E-state index in [1.54, 1.807) is 6.92 Å². The third-order valence-corrected chi connectivity index (χ3v) is 4.04. The van der Waals surface area contributed by atoms with Crippen LogP contribution in [0.1, 0.15) is 51.9 Å². The van der Waals surface area contributed by atoms with Gasteiger partial charge in [-0.25, -0.2) is 4.79 Å². The van der Waals surface area contributed by atoms with Crippen LogP contribution < -0.4 is 0 Å². The second-order valence-electron chi connectivity index (χ2n) is 5.32. The summed E-state index contributed by atoms with van der Waals surface area (Å²) >= 11 is 0. The average Bonchev–Trinajstić information content (AvgIpc) is 3.01. The van der Waals surface area contributed by atoms with Crippen molar-refractivity contribution in [3.05, 3.63) is 34.9 Å². The minimum atomic E-state index is -0.797. The first-order valence-electron chi connectivity index (χ1n) is 6.96. The minimum absolute atomic E-state index is 0.470. The molecule has 0 unspecified atom stereocenters. The van der Waals surface area contributed by atoms with Gasteiger partial charge >= 0.3 is 5.97 Å². The van der Waals surface area contributed by atoms with Crippen LogP contribution in [0.5, 0.6) is 0 Å². The van der Waals surface area contributed by atoms with Crippen LogP contribution in [0, 0.1) is 5.92 Å². The Morgan fingerprint density at radius 1 is 1.28 bits per heavy atom. The predicted molar refractivity (Wildman–Crippen MR) is 73.4 cm³/mol. The summed E-state index contributed by atoms with van der Waals surface area (Å²) in [6.45, 7) is 1.69. The second-order valence-corrected chi connectivity index (χ2v) is 5.32. The van der Waals surface area contributed by atoms with Gasteiger partial charge in [0, 0.05) is 11.5 Å². The van der Waals surface area contributed by atoms with Crippen LogP contribution in [0.3, 0.4) is 0 Å². The Kier molecular flexibility index (Phi) is 4.40. The number of allylic oxidation sites excluding steroid dienone is 5. The summed E-state index contributed by atoms with van der Waals surface area (Å²) in [5, 5.41) is 8.93. The molecule has 2 aliphatic rings. The summed E-state index contributed by atoms with van der Waals surface area (Å²) in [6, 6.07) is 0. The Hall–Kier alpha value is -1.31. The van der Waals surface area contributed by atoms with Crippen LogP contribution in [0.15, 0.2) is 34.9 Å². The molecule has 0 aromatic carbocycles. The number of hydrogen-bond donors (Lipinski definition) is 1. The zero-order chi connectivity index (χ0) is 13.0. The van der Waals surface area contributed by atoms with E-state index in [9.17, 15) is 4.79 Å². The lowest BCUT2D eigenvalue weighted by molar-refractivity contribution is -0.132. The van der Waals surface area contributed by atoms with Crippen LogP contribution in [0.25, 0.3) is 0 Å². The van der Waals surface area contributed by atoms with Gasteiger partial charge < -0.3 is 5.11 Å². The Balaban J connectivity index is 2.10. The van der Waals surface area contributed by atoms with Gasteiger partial charge in [-0.2, -0.15) is 0 Å². The van der Waals surface area contributed by atoms with Crippen LogP contribution in [0.4, 0.5) is 0 Å². The van der Waals surface area contributed by atoms with Crippen molar-refractivity contribution >= 4 is 5.97 Å². The number of rotatable bonds is 5. The van der Waals surface area contributed by atoms with Crippen molar-refractivity contribution in [1.29, 1.82) is 0 Å². The van der Waals surface area contributed by atoms with Gasteiger partial charge in [0.05, 0.1) is 0 Å². The molecule has 98 valence electrons. The molecule has 0 fully saturated rings. The maximum absolute atomic E-state index is 10.9. The number of aliphatic carboxylic acids is 1. The summed E-state index contributed by atoms with van der Waals surface area (Å²) < 4.78 is 0. The van der Waals surface area contributed by atoms with Crippen molar-refractivity contribution in [3.8, 4) is 0 Å². The van der Waals surface area contributed by atoms with Gasteiger partial charge in [0.2, 0.25) is 0 Å². The van der Waals surface area contributed by atoms with E-state index in [2.05, 4.69) is 12.2 Å². The van der Waals surface area contributed by atoms with Gasteiger partial charge in [0.15, 0.2) is 0 Å². The SMILES string of the molecule is CC(=CCC(C1=CCCC1)C1=CCCC1)C(=O)O. The van der Waals surface area contributed by atoms with E-state index in [0.29, 0.717) is 11.5 Å². The molecule has 2 aliphatic carbocycles. The molecule has 0 saturated heterocycles. The van der Waals surface area contributed by atoms with Crippen molar-refractivity contribution in [2.75, 3.05) is 0 Å². The molecular formula is C16H22O2. The quantitative estimate of drug-likeness (QED) is 0.582. The van der Waals surface area contributed by atoms with Gasteiger partial charge in [0.1, 0.15) is 0 Å². The molecule has 0 radical (unpaired) electrons. The monoisotopic (exact) mass is 246 g/mol. The van der Waals surface area contributed by atoms with Crippen molar-refractivity contribution in [2.45, 2.75) is 51.9 Å². The zero-order valence-corrected chi connectivity index (χ0v) is 11.1. The van der Waals surface area contributed by atoms with E-state index >= 15 is 0 Å². The van der Waals surface area contributed by atoms with Gasteiger partial charge in [-0.05, 0) is 51.9 Å². The molecule has 0 amide bonds. The largest absolute Gasteiger partial charge is 0.478 e. The zero-order valence-electron chi connectivity index (χ0n) is 11.1. The third-order valence-electron chi connectivity index (χ3n) is 4.04. The Labute approximate surface area is 109 Å². The lowest BCUT2D eigenvalue weighted by Gasteiger charge is -2.19. The summed E-state index contributed by atoms with van der Waals surface area (Å²) in [5.41, 5.74) is 3.55. The predicted octanol–water partition coefficient (Wildman–Crippen LogP) is 4.24. The molecule has 0 aromatic heterocycles. The highest BCUT2D eigenvalue weighted by molar-refractivity contribution is 5.85. The number of carboxylic acid groups (broad SMARTS) is 1. The van der Waals surface area contributed by atoms with E-state index in [4.69, 9.17) is 5.11 Å². The normalized spacial score (nSPS) is 20.2. The fourth-order valence-corrected chi connectivity index (χ4v) is 2.95. The number of carbonyl (C=O) groups is 1. The fraction of sp³-hybridized carbons (Fsp3) is 0.562. The Morgan fingerprint density at radius 2 is 1.83 bits per heavy atom. The average molecular weight is 246 g/mol. The first-order chi connectivity index (χ1) is 8.68. The molecule has 18 heavy (non-hydrogen) atoms. The van der Waals surface area contributed by atoms with Crippen LogP contribution in [-0.2, 0) is 4.79 Å². The number of carboxylic acids is 1. The topological polar surface area (TPSA) is 37.3 Å². The van der Waals surface area contributed by atoms with Crippen LogP contribution in [-0.4, -0.2) is 11.1 Å². The molecule has 2 heteroatoms. The van der Waals surface area contributed by atoms with Crippen molar-refractivity contribution in [2.24, 2.45) is 5.92 Å². The van der Waals surface area contributed by atoms with E-state index in [1.165, 1.54) is 49.7 Å². The van der Waals surface area contributed by atoms with Gasteiger partial charge in [0.25, 0.3) is 0 Å². The first kappa shape index (κ1) is 13.1. The van der Waals surface area contributed by atoms with Crippen molar-refractivity contribution in [3.63, 3.8) is 0 Å². The smallest absolute Gasteiger partial charge is 0.330 e. The second kappa shape index (κ2) is 6.03. The van der Waals surface area contributed by atoms with Gasteiger partial charge in [-0.3, -0.25) is 0 Å². The molecule has 0 bridgehead atoms. The van der Waals surface area contributed by atoms with E-state index in [1.807, 2.05) is 6.08 Å². The summed E-state index contributed by atoms with van der Waals surface area (Å²) in [5.74, 6) is -0.321. The molecule has 0 aromatic rings. The Bertz CT molecular complexity index is 389. The standard InChI is InChI=1S/C16H22O2/c1-12(16(17)18)10-11-15(13-6-2-3-7-13)14-8-4-5-9-14/h6,8,10,15H,2-5,7,9,11H2,1H3,(H,17,18). The lowest BCUT2D eigenvalue weighted by Crippen LogP contribution is -2.06. The highest BCUT2D eigenvalue weighted by Gasteiger charge is 2.22. The minimum Gasteiger partial charge on any atom is -0.478 e. The maximum atomic E-state index is 10.9. The van der Waals surface area contributed by atoms with Crippen molar-refractivity contribution < 1.29 is 9.90 Å². The van der Waals surface area contributed by atoms with Crippen LogP contribution >= 0.6 is 0 Å². The molecule has 0 spiro atoms. The molecule has 0 atom stereocenters. The lowest BCUT2D eigenvalue weighted by atomic mass is 9.86. The number of hydrogen-bond acceptors (Lipinski definition) is 1. The van der Waals surface area contributed by atoms with E-state index in [-0.39, 0.29) is 0 Å². The Morgan fingerprint density at radius 3 is 2.22 bits per heavy atom. The molecule has 0 saturated carbocycles. The molecule has 0 aliphatic heterocycles. The maximum Gasteiger partial charge on any atom is 0.330 e. The highest BCUT2D eigenvalue weighted by atomic mass is 16.4. The molecule has 2 rings (SSSR count). The van der Waals surface area contributed by atoms with Gasteiger partial charge in [-0.15, -0.1) is 0 Å². The third kappa shape index (κ3) is 3.12. The molecular weight excluding hydrogens is 224 g/mol. The molecule has 2 nitrogen and oxygen atoms in total.